The fourth-order valence-electron chi connectivity index (χ4n) is 1.57. The molecule has 0 radical (unpaired) electrons. The van der Waals surface area contributed by atoms with Crippen LogP contribution in [0.25, 0.3) is 0 Å². The molecule has 84 valence electrons. The molecule has 15 heavy (non-hydrogen) atoms. The molecule has 0 amide bonds. The number of aromatic nitrogens is 1. The molecule has 0 saturated heterocycles. The first-order valence-corrected chi connectivity index (χ1v) is 6.68. The third kappa shape index (κ3) is 4.36. The summed E-state index contributed by atoms with van der Waals surface area (Å²) in [5, 5.41) is 0. The Morgan fingerprint density at radius 3 is 2.73 bits per heavy atom. The molecule has 0 bridgehead atoms. The number of hydrogen-bond donors (Lipinski definition) is 0. The quantitative estimate of drug-likeness (QED) is 0.582. The van der Waals surface area contributed by atoms with Gasteiger partial charge in [0.1, 0.15) is 0 Å². The fourth-order valence-corrected chi connectivity index (χ4v) is 2.09. The Bertz CT molecular complexity index is 346. The molecular formula is C12H18INO. The molecular weight excluding hydrogens is 301 g/mol. The summed E-state index contributed by atoms with van der Waals surface area (Å²) < 4.78 is 2.62. The van der Waals surface area contributed by atoms with E-state index in [1.165, 1.54) is 25.7 Å². The van der Waals surface area contributed by atoms with E-state index in [2.05, 4.69) is 29.5 Å². The third-order valence-corrected chi connectivity index (χ3v) is 3.30. The van der Waals surface area contributed by atoms with Crippen LogP contribution in [0, 0.1) is 3.57 Å². The van der Waals surface area contributed by atoms with E-state index in [0.29, 0.717) is 0 Å². The Balaban J connectivity index is 2.38. The number of pyridine rings is 1. The van der Waals surface area contributed by atoms with E-state index in [1.807, 2.05) is 22.9 Å². The zero-order chi connectivity index (χ0) is 11.1. The average molecular weight is 319 g/mol. The monoisotopic (exact) mass is 319 g/mol. The summed E-state index contributed by atoms with van der Waals surface area (Å²) in [4.78, 5) is 11.6. The van der Waals surface area contributed by atoms with Crippen LogP contribution in [0.1, 0.15) is 39.0 Å². The van der Waals surface area contributed by atoms with Gasteiger partial charge in [-0.25, -0.2) is 0 Å². The van der Waals surface area contributed by atoms with E-state index in [-0.39, 0.29) is 5.56 Å². The SMILES string of the molecule is CCCCCCCn1cccc(I)c1=O. The van der Waals surface area contributed by atoms with E-state index in [0.717, 1.165) is 16.5 Å². The highest BCUT2D eigenvalue weighted by molar-refractivity contribution is 14.1. The summed E-state index contributed by atoms with van der Waals surface area (Å²) in [6, 6.07) is 3.80. The molecule has 2 nitrogen and oxygen atoms in total. The van der Waals surface area contributed by atoms with Crippen molar-refractivity contribution in [3.63, 3.8) is 0 Å². The molecule has 0 aromatic carbocycles. The highest BCUT2D eigenvalue weighted by Crippen LogP contribution is 2.04. The summed E-state index contributed by atoms with van der Waals surface area (Å²) in [5.41, 5.74) is 0.147. The summed E-state index contributed by atoms with van der Waals surface area (Å²) in [5.74, 6) is 0. The van der Waals surface area contributed by atoms with Gasteiger partial charge in [-0.15, -0.1) is 0 Å². The lowest BCUT2D eigenvalue weighted by atomic mass is 10.1. The first-order valence-electron chi connectivity index (χ1n) is 5.60. The predicted molar refractivity (Wildman–Crippen MR) is 72.2 cm³/mol. The Hall–Kier alpha value is -0.320. The van der Waals surface area contributed by atoms with Crippen LogP contribution in [-0.4, -0.2) is 4.57 Å². The van der Waals surface area contributed by atoms with Gasteiger partial charge in [0.2, 0.25) is 0 Å². The zero-order valence-corrected chi connectivity index (χ0v) is 11.4. The van der Waals surface area contributed by atoms with Gasteiger partial charge in [-0.3, -0.25) is 4.79 Å². The minimum absolute atomic E-state index is 0.147. The van der Waals surface area contributed by atoms with Gasteiger partial charge in [-0.05, 0) is 41.1 Å². The predicted octanol–water partition coefficient (Wildman–Crippen LogP) is 3.42. The largest absolute Gasteiger partial charge is 0.315 e. The normalized spacial score (nSPS) is 10.5. The number of rotatable bonds is 6. The van der Waals surface area contributed by atoms with Gasteiger partial charge in [0, 0.05) is 12.7 Å². The first-order chi connectivity index (χ1) is 7.25. The van der Waals surface area contributed by atoms with Gasteiger partial charge < -0.3 is 4.57 Å². The van der Waals surface area contributed by atoms with Crippen molar-refractivity contribution in [1.29, 1.82) is 0 Å². The molecule has 1 aromatic heterocycles. The number of unbranched alkanes of at least 4 members (excludes halogenated alkanes) is 4. The van der Waals surface area contributed by atoms with Crippen molar-refractivity contribution in [3.05, 3.63) is 32.3 Å². The van der Waals surface area contributed by atoms with Gasteiger partial charge in [0.15, 0.2) is 0 Å². The van der Waals surface area contributed by atoms with Gasteiger partial charge in [0.25, 0.3) is 5.56 Å². The molecule has 0 fully saturated rings. The van der Waals surface area contributed by atoms with E-state index in [4.69, 9.17) is 0 Å². The van der Waals surface area contributed by atoms with Gasteiger partial charge >= 0.3 is 0 Å². The molecule has 0 aliphatic rings. The second-order valence-electron chi connectivity index (χ2n) is 3.77. The highest BCUT2D eigenvalue weighted by Gasteiger charge is 1.98. The van der Waals surface area contributed by atoms with Gasteiger partial charge in [-0.1, -0.05) is 32.6 Å². The highest BCUT2D eigenvalue weighted by atomic mass is 127. The molecule has 1 heterocycles. The van der Waals surface area contributed by atoms with Crippen molar-refractivity contribution in [3.8, 4) is 0 Å². The maximum absolute atomic E-state index is 11.6. The van der Waals surface area contributed by atoms with Crippen LogP contribution >= 0.6 is 22.6 Å². The molecule has 0 N–H and O–H groups in total. The lowest BCUT2D eigenvalue weighted by molar-refractivity contribution is 0.557. The molecule has 0 aliphatic heterocycles. The molecule has 0 spiro atoms. The van der Waals surface area contributed by atoms with Crippen molar-refractivity contribution in [2.24, 2.45) is 0 Å². The summed E-state index contributed by atoms with van der Waals surface area (Å²) in [6.07, 6.45) is 8.08. The lowest BCUT2D eigenvalue weighted by Crippen LogP contribution is -2.21. The molecule has 0 atom stereocenters. The van der Waals surface area contributed by atoms with Crippen LogP contribution in [-0.2, 0) is 6.54 Å². The molecule has 0 unspecified atom stereocenters. The number of nitrogens with zero attached hydrogens (tertiary/aromatic N) is 1. The van der Waals surface area contributed by atoms with Crippen molar-refractivity contribution in [2.45, 2.75) is 45.6 Å². The second kappa shape index (κ2) is 7.04. The van der Waals surface area contributed by atoms with E-state index in [9.17, 15) is 4.79 Å². The summed E-state index contributed by atoms with van der Waals surface area (Å²) in [6.45, 7) is 3.07. The molecule has 3 heteroatoms. The van der Waals surface area contributed by atoms with Crippen LogP contribution in [0.15, 0.2) is 23.1 Å². The molecule has 0 aliphatic carbocycles. The fraction of sp³-hybridized carbons (Fsp3) is 0.583. The number of aryl methyl sites for hydroxylation is 1. The minimum Gasteiger partial charge on any atom is -0.315 e. The lowest BCUT2D eigenvalue weighted by Gasteiger charge is -2.05. The third-order valence-electron chi connectivity index (χ3n) is 2.48. The van der Waals surface area contributed by atoms with Crippen molar-refractivity contribution >= 4 is 22.6 Å². The van der Waals surface area contributed by atoms with Crippen LogP contribution in [0.3, 0.4) is 0 Å². The van der Waals surface area contributed by atoms with Crippen molar-refractivity contribution < 1.29 is 0 Å². The average Bonchev–Trinajstić information content (AvgIpc) is 2.24. The van der Waals surface area contributed by atoms with Crippen LogP contribution in [0.5, 0.6) is 0 Å². The molecule has 1 aromatic rings. The van der Waals surface area contributed by atoms with Gasteiger partial charge in [0.05, 0.1) is 3.57 Å². The van der Waals surface area contributed by atoms with Crippen LogP contribution in [0.4, 0.5) is 0 Å². The Kier molecular flexibility index (Phi) is 5.98. The molecule has 1 rings (SSSR count). The number of halogens is 1. The second-order valence-corrected chi connectivity index (χ2v) is 4.93. The van der Waals surface area contributed by atoms with Crippen molar-refractivity contribution in [1.82, 2.24) is 4.57 Å². The Labute approximate surface area is 105 Å². The topological polar surface area (TPSA) is 22.0 Å². The van der Waals surface area contributed by atoms with Crippen LogP contribution < -0.4 is 5.56 Å². The van der Waals surface area contributed by atoms with Gasteiger partial charge in [-0.2, -0.15) is 0 Å². The zero-order valence-electron chi connectivity index (χ0n) is 9.21. The van der Waals surface area contributed by atoms with Crippen LogP contribution in [0.2, 0.25) is 0 Å². The minimum atomic E-state index is 0.147. The first kappa shape index (κ1) is 12.7. The summed E-state index contributed by atoms with van der Waals surface area (Å²) >= 11 is 2.09. The Morgan fingerprint density at radius 1 is 1.27 bits per heavy atom. The smallest absolute Gasteiger partial charge is 0.263 e. The van der Waals surface area contributed by atoms with E-state index in [1.54, 1.807) is 0 Å². The standard InChI is InChI=1S/C12H18INO/c1-2-3-4-5-6-9-14-10-7-8-11(13)12(14)15/h7-8,10H,2-6,9H2,1H3. The van der Waals surface area contributed by atoms with E-state index >= 15 is 0 Å². The molecule has 0 saturated carbocycles. The Morgan fingerprint density at radius 2 is 2.00 bits per heavy atom. The van der Waals surface area contributed by atoms with E-state index < -0.39 is 0 Å². The summed E-state index contributed by atoms with van der Waals surface area (Å²) in [7, 11) is 0. The number of hydrogen-bond acceptors (Lipinski definition) is 1. The maximum atomic E-state index is 11.6. The maximum Gasteiger partial charge on any atom is 0.263 e. The van der Waals surface area contributed by atoms with Crippen molar-refractivity contribution in [2.75, 3.05) is 0 Å².